The molecule has 204 valence electrons. The second-order valence-corrected chi connectivity index (χ2v) is 10.4. The molecule has 5 rings (SSSR count). The highest BCUT2D eigenvalue weighted by molar-refractivity contribution is 6.08. The third kappa shape index (κ3) is 5.45. The Morgan fingerprint density at radius 3 is 2.59 bits per heavy atom. The van der Waals surface area contributed by atoms with E-state index in [-0.39, 0.29) is 24.1 Å². The van der Waals surface area contributed by atoms with Gasteiger partial charge in [-0.3, -0.25) is 14.5 Å². The highest BCUT2D eigenvalue weighted by Gasteiger charge is 2.29. The first kappa shape index (κ1) is 26.6. The van der Waals surface area contributed by atoms with Crippen LogP contribution in [0.1, 0.15) is 58.9 Å². The molecular weight excluding hydrogens is 492 g/mol. The molecule has 1 saturated heterocycles. The van der Waals surface area contributed by atoms with Crippen molar-refractivity contribution in [2.75, 3.05) is 20.2 Å². The van der Waals surface area contributed by atoms with E-state index in [4.69, 9.17) is 4.74 Å². The Bertz CT molecular complexity index is 1520. The summed E-state index contributed by atoms with van der Waals surface area (Å²) in [6, 6.07) is 11.9. The van der Waals surface area contributed by atoms with Gasteiger partial charge in [-0.1, -0.05) is 18.2 Å². The summed E-state index contributed by atoms with van der Waals surface area (Å²) in [5.74, 6) is 1.61. The number of aromatic nitrogens is 4. The van der Waals surface area contributed by atoms with Gasteiger partial charge in [-0.25, -0.2) is 9.97 Å². The van der Waals surface area contributed by atoms with Gasteiger partial charge in [0.25, 0.3) is 11.5 Å². The fourth-order valence-electron chi connectivity index (χ4n) is 5.91. The Kier molecular flexibility index (Phi) is 7.79. The van der Waals surface area contributed by atoms with Gasteiger partial charge in [0.1, 0.15) is 11.6 Å². The number of carbonyl (C=O) groups excluding carboxylic acids is 1. The van der Waals surface area contributed by atoms with Crippen LogP contribution in [-0.4, -0.2) is 50.5 Å². The number of piperidine rings is 1. The maximum atomic E-state index is 13.6. The van der Waals surface area contributed by atoms with Crippen LogP contribution in [0.3, 0.4) is 0 Å². The number of H-pyrrole nitrogens is 1. The molecule has 0 bridgehead atoms. The highest BCUT2D eigenvalue weighted by Crippen LogP contribution is 2.36. The number of fused-ring (bicyclic) bond motifs is 1. The van der Waals surface area contributed by atoms with Crippen LogP contribution in [0.2, 0.25) is 0 Å². The summed E-state index contributed by atoms with van der Waals surface area (Å²) in [7, 11) is 1.53. The van der Waals surface area contributed by atoms with Gasteiger partial charge < -0.3 is 19.6 Å². The number of pyridine rings is 1. The smallest absolute Gasteiger partial charge is 0.256 e. The Morgan fingerprint density at radius 2 is 1.87 bits per heavy atom. The number of rotatable bonds is 8. The minimum Gasteiger partial charge on any atom is -0.496 e. The van der Waals surface area contributed by atoms with Crippen molar-refractivity contribution >= 4 is 16.8 Å². The summed E-state index contributed by atoms with van der Waals surface area (Å²) < 4.78 is 7.72. The van der Waals surface area contributed by atoms with E-state index in [9.17, 15) is 9.59 Å². The molecule has 1 aliphatic rings. The third-order valence-electron chi connectivity index (χ3n) is 7.96. The lowest BCUT2D eigenvalue weighted by atomic mass is 9.90. The number of amides is 1. The van der Waals surface area contributed by atoms with E-state index in [0.717, 1.165) is 54.9 Å². The van der Waals surface area contributed by atoms with Crippen LogP contribution in [0.5, 0.6) is 5.75 Å². The molecule has 2 N–H and O–H groups in total. The standard InChI is InChI=1S/C30H36N6O3/c1-19-16-26(39-4)24(29(37)34-19)17-33-30(38)28-21(3)36(25-9-6-5-8-23(25)28)20(2)22-10-14-35(15-11-22)18-27-31-12-7-13-32-27/h5-9,12-13,16,20,22H,10-11,14-15,17-18H2,1-4H3,(H,33,38)(H,34,37)/t20-/m1/s1. The summed E-state index contributed by atoms with van der Waals surface area (Å²) >= 11 is 0. The van der Waals surface area contributed by atoms with Gasteiger partial charge in [-0.2, -0.15) is 0 Å². The van der Waals surface area contributed by atoms with Crippen molar-refractivity contribution in [1.82, 2.24) is 29.7 Å². The molecule has 9 nitrogen and oxygen atoms in total. The molecule has 39 heavy (non-hydrogen) atoms. The zero-order chi connectivity index (χ0) is 27.5. The number of nitrogens with one attached hydrogen (secondary N) is 2. The number of aryl methyl sites for hydroxylation is 1. The normalized spacial score (nSPS) is 15.4. The summed E-state index contributed by atoms with van der Waals surface area (Å²) in [5.41, 5.74) is 3.49. The average Bonchev–Trinajstić information content (AvgIpc) is 3.24. The molecule has 0 aliphatic carbocycles. The van der Waals surface area contributed by atoms with Crippen molar-refractivity contribution in [3.05, 3.63) is 87.5 Å². The fourth-order valence-corrected chi connectivity index (χ4v) is 5.91. The molecule has 0 saturated carbocycles. The van der Waals surface area contributed by atoms with Crippen molar-refractivity contribution in [2.45, 2.75) is 52.7 Å². The number of nitrogens with zero attached hydrogens (tertiary/aromatic N) is 4. The number of hydrogen-bond donors (Lipinski definition) is 2. The number of methoxy groups -OCH3 is 1. The molecule has 0 unspecified atom stereocenters. The summed E-state index contributed by atoms with van der Waals surface area (Å²) in [4.78, 5) is 40.1. The van der Waals surface area contributed by atoms with Gasteiger partial charge in [0.15, 0.2) is 0 Å². The zero-order valence-corrected chi connectivity index (χ0v) is 23.0. The molecule has 1 aromatic carbocycles. The van der Waals surface area contributed by atoms with Crippen LogP contribution in [0.15, 0.2) is 53.6 Å². The zero-order valence-electron chi connectivity index (χ0n) is 23.0. The molecule has 1 amide bonds. The lowest BCUT2D eigenvalue weighted by Gasteiger charge is -2.35. The molecule has 9 heteroatoms. The average molecular weight is 529 g/mol. The van der Waals surface area contributed by atoms with Gasteiger partial charge in [0.2, 0.25) is 0 Å². The molecule has 3 aromatic heterocycles. The highest BCUT2D eigenvalue weighted by atomic mass is 16.5. The second-order valence-electron chi connectivity index (χ2n) is 10.4. The van der Waals surface area contributed by atoms with Gasteiger partial charge in [0.05, 0.1) is 31.3 Å². The molecule has 1 aliphatic heterocycles. The maximum Gasteiger partial charge on any atom is 0.256 e. The van der Waals surface area contributed by atoms with Crippen LogP contribution in [-0.2, 0) is 13.1 Å². The Morgan fingerprint density at radius 1 is 1.15 bits per heavy atom. The molecule has 1 fully saturated rings. The van der Waals surface area contributed by atoms with E-state index in [1.807, 2.05) is 31.2 Å². The first-order valence-electron chi connectivity index (χ1n) is 13.5. The van der Waals surface area contributed by atoms with Crippen molar-refractivity contribution < 1.29 is 9.53 Å². The first-order chi connectivity index (χ1) is 18.9. The Labute approximate surface area is 228 Å². The minimum atomic E-state index is -0.259. The summed E-state index contributed by atoms with van der Waals surface area (Å²) in [5, 5.41) is 3.89. The number of aromatic amines is 1. The minimum absolute atomic E-state index is 0.0791. The van der Waals surface area contributed by atoms with Crippen molar-refractivity contribution in [1.29, 1.82) is 0 Å². The fraction of sp³-hybridized carbons (Fsp3) is 0.400. The summed E-state index contributed by atoms with van der Waals surface area (Å²) in [6.07, 6.45) is 5.72. The van der Waals surface area contributed by atoms with Crippen LogP contribution in [0.25, 0.3) is 10.9 Å². The van der Waals surface area contributed by atoms with Crippen LogP contribution < -0.4 is 15.6 Å². The first-order valence-corrected chi connectivity index (χ1v) is 13.5. The lowest BCUT2D eigenvalue weighted by Crippen LogP contribution is -2.36. The molecule has 4 aromatic rings. The monoisotopic (exact) mass is 528 g/mol. The lowest BCUT2D eigenvalue weighted by molar-refractivity contribution is 0.0951. The van der Waals surface area contributed by atoms with E-state index >= 15 is 0 Å². The van der Waals surface area contributed by atoms with Gasteiger partial charge in [-0.15, -0.1) is 0 Å². The van der Waals surface area contributed by atoms with Crippen LogP contribution >= 0.6 is 0 Å². The van der Waals surface area contributed by atoms with Gasteiger partial charge >= 0.3 is 0 Å². The second kappa shape index (κ2) is 11.4. The molecule has 1 atom stereocenters. The maximum absolute atomic E-state index is 13.6. The number of carbonyl (C=O) groups is 1. The van der Waals surface area contributed by atoms with Gasteiger partial charge in [0, 0.05) is 40.7 Å². The Hall–Kier alpha value is -3.98. The number of benzene rings is 1. The molecule has 0 radical (unpaired) electrons. The van der Waals surface area contributed by atoms with Crippen LogP contribution in [0, 0.1) is 19.8 Å². The topological polar surface area (TPSA) is 105 Å². The van der Waals surface area contributed by atoms with E-state index in [0.29, 0.717) is 28.5 Å². The number of hydrogen-bond acceptors (Lipinski definition) is 6. The molecular formula is C30H36N6O3. The molecule has 0 spiro atoms. The summed E-state index contributed by atoms with van der Waals surface area (Å²) in [6.45, 7) is 8.91. The number of para-hydroxylation sites is 1. The van der Waals surface area contributed by atoms with E-state index in [1.54, 1.807) is 25.4 Å². The third-order valence-corrected chi connectivity index (χ3v) is 7.96. The predicted octanol–water partition coefficient (Wildman–Crippen LogP) is 4.15. The van der Waals surface area contributed by atoms with Gasteiger partial charge in [-0.05, 0) is 70.8 Å². The number of likely N-dealkylation sites (tertiary alicyclic amines) is 1. The Balaban J connectivity index is 1.35. The van der Waals surface area contributed by atoms with Crippen molar-refractivity contribution in [2.24, 2.45) is 5.92 Å². The molecule has 4 heterocycles. The largest absolute Gasteiger partial charge is 0.496 e. The number of ether oxygens (including phenoxy) is 1. The SMILES string of the molecule is COc1cc(C)[nH]c(=O)c1CNC(=O)c1c(C)n([C@H](C)C2CCN(Cc3ncccn3)CC2)c2ccccc12. The van der Waals surface area contributed by atoms with Crippen molar-refractivity contribution in [3.8, 4) is 5.75 Å². The van der Waals surface area contributed by atoms with Crippen molar-refractivity contribution in [3.63, 3.8) is 0 Å². The van der Waals surface area contributed by atoms with E-state index < -0.39 is 0 Å². The predicted molar refractivity (Wildman–Crippen MR) is 151 cm³/mol. The van der Waals surface area contributed by atoms with E-state index in [1.165, 1.54) is 7.11 Å². The quantitative estimate of drug-likeness (QED) is 0.356. The van der Waals surface area contributed by atoms with Crippen LogP contribution in [0.4, 0.5) is 0 Å². The van der Waals surface area contributed by atoms with E-state index in [2.05, 4.69) is 42.7 Å².